The first-order chi connectivity index (χ1) is 10.3. The number of halogens is 1. The Balaban J connectivity index is 0.00000484. The fourth-order valence-corrected chi connectivity index (χ4v) is 1.80. The summed E-state index contributed by atoms with van der Waals surface area (Å²) in [4.78, 5) is 23.6. The third-order valence-corrected chi connectivity index (χ3v) is 2.86. The van der Waals surface area contributed by atoms with Crippen molar-refractivity contribution in [3.05, 3.63) is 23.8 Å². The molecule has 23 heavy (non-hydrogen) atoms. The molecule has 6 nitrogen and oxygen atoms in total. The highest BCUT2D eigenvalue weighted by atomic mass is 35.5. The lowest BCUT2D eigenvalue weighted by Gasteiger charge is -2.16. The summed E-state index contributed by atoms with van der Waals surface area (Å²) < 4.78 is 10.3. The van der Waals surface area contributed by atoms with E-state index in [1.807, 2.05) is 20.8 Å². The van der Waals surface area contributed by atoms with Gasteiger partial charge in [-0.15, -0.1) is 12.4 Å². The summed E-state index contributed by atoms with van der Waals surface area (Å²) >= 11 is 0. The third-order valence-electron chi connectivity index (χ3n) is 2.86. The van der Waals surface area contributed by atoms with Crippen LogP contribution in [-0.2, 0) is 9.53 Å². The Morgan fingerprint density at radius 1 is 1.26 bits per heavy atom. The van der Waals surface area contributed by atoms with Crippen LogP contribution in [0.15, 0.2) is 18.2 Å². The van der Waals surface area contributed by atoms with E-state index in [9.17, 15) is 9.59 Å². The Morgan fingerprint density at radius 2 is 1.91 bits per heavy atom. The number of esters is 1. The largest absolute Gasteiger partial charge is 0.489 e. The van der Waals surface area contributed by atoms with Gasteiger partial charge in [-0.3, -0.25) is 4.79 Å². The molecule has 130 valence electrons. The van der Waals surface area contributed by atoms with Gasteiger partial charge in [-0.25, -0.2) is 4.79 Å². The average molecular weight is 345 g/mol. The molecular formula is C16H25ClN2O4. The summed E-state index contributed by atoms with van der Waals surface area (Å²) in [7, 11) is 1.31. The van der Waals surface area contributed by atoms with Gasteiger partial charge in [-0.2, -0.15) is 0 Å². The van der Waals surface area contributed by atoms with Crippen molar-refractivity contribution in [2.24, 2.45) is 5.73 Å². The average Bonchev–Trinajstić information content (AvgIpc) is 2.45. The molecule has 0 spiro atoms. The normalized spacial score (nSPS) is 11.4. The number of methoxy groups -OCH3 is 1. The number of rotatable bonds is 7. The standard InChI is InChI=1S/C16H24N2O4.ClH/c1-10(2)22-14-7-6-12(16(20)21-4)9-13(14)18-15(19)8-5-11(3)17;/h6-7,9-11H,5,8,17H2,1-4H3,(H,18,19);1H. The van der Waals surface area contributed by atoms with Gasteiger partial charge >= 0.3 is 5.97 Å². The highest BCUT2D eigenvalue weighted by molar-refractivity contribution is 5.96. The van der Waals surface area contributed by atoms with Gasteiger partial charge in [-0.05, 0) is 45.4 Å². The second-order valence-corrected chi connectivity index (χ2v) is 5.43. The van der Waals surface area contributed by atoms with E-state index >= 15 is 0 Å². The molecule has 0 aromatic heterocycles. The topological polar surface area (TPSA) is 90.6 Å². The zero-order valence-electron chi connectivity index (χ0n) is 13.9. The van der Waals surface area contributed by atoms with Crippen LogP contribution >= 0.6 is 12.4 Å². The Kier molecular flexibility index (Phi) is 9.29. The van der Waals surface area contributed by atoms with Gasteiger partial charge in [0, 0.05) is 12.5 Å². The molecule has 1 aromatic rings. The second-order valence-electron chi connectivity index (χ2n) is 5.43. The van der Waals surface area contributed by atoms with Gasteiger partial charge in [0.05, 0.1) is 24.5 Å². The number of anilines is 1. The molecular weight excluding hydrogens is 320 g/mol. The van der Waals surface area contributed by atoms with Gasteiger partial charge in [0.25, 0.3) is 0 Å². The highest BCUT2D eigenvalue weighted by Gasteiger charge is 2.14. The molecule has 0 radical (unpaired) electrons. The molecule has 1 rings (SSSR count). The number of nitrogens with one attached hydrogen (secondary N) is 1. The fourth-order valence-electron chi connectivity index (χ4n) is 1.80. The predicted molar refractivity (Wildman–Crippen MR) is 92.3 cm³/mol. The summed E-state index contributed by atoms with van der Waals surface area (Å²) in [5.41, 5.74) is 6.44. The number of ether oxygens (including phenoxy) is 2. The second kappa shape index (κ2) is 10.1. The summed E-state index contributed by atoms with van der Waals surface area (Å²) in [5.74, 6) is -0.133. The monoisotopic (exact) mass is 344 g/mol. The molecule has 0 fully saturated rings. The van der Waals surface area contributed by atoms with Gasteiger partial charge in [0.15, 0.2) is 0 Å². The van der Waals surface area contributed by atoms with Crippen molar-refractivity contribution < 1.29 is 19.1 Å². The first-order valence-corrected chi connectivity index (χ1v) is 7.28. The molecule has 3 N–H and O–H groups in total. The van der Waals surface area contributed by atoms with Crippen molar-refractivity contribution >= 4 is 30.0 Å². The maximum atomic E-state index is 12.0. The van der Waals surface area contributed by atoms with Crippen LogP contribution in [0.1, 0.15) is 44.0 Å². The van der Waals surface area contributed by atoms with Crippen LogP contribution in [0.5, 0.6) is 5.75 Å². The SMILES string of the molecule is COC(=O)c1ccc(OC(C)C)c(NC(=O)CCC(C)N)c1.Cl. The molecule has 1 aromatic carbocycles. The molecule has 0 bridgehead atoms. The summed E-state index contributed by atoms with van der Waals surface area (Å²) in [5, 5.41) is 2.76. The van der Waals surface area contributed by atoms with Crippen molar-refractivity contribution in [3.8, 4) is 5.75 Å². The molecule has 1 atom stereocenters. The van der Waals surface area contributed by atoms with Gasteiger partial charge in [0.1, 0.15) is 5.75 Å². The van der Waals surface area contributed by atoms with E-state index in [-0.39, 0.29) is 30.5 Å². The first-order valence-electron chi connectivity index (χ1n) is 7.28. The van der Waals surface area contributed by atoms with Crippen LogP contribution in [0.4, 0.5) is 5.69 Å². The minimum atomic E-state index is -0.470. The third kappa shape index (κ3) is 7.34. The molecule has 1 amide bonds. The number of amides is 1. The number of carbonyl (C=O) groups excluding carboxylic acids is 2. The number of nitrogens with two attached hydrogens (primary N) is 1. The molecule has 0 aliphatic heterocycles. The summed E-state index contributed by atoms with van der Waals surface area (Å²) in [6.07, 6.45) is 0.841. The molecule has 1 unspecified atom stereocenters. The van der Waals surface area contributed by atoms with E-state index < -0.39 is 5.97 Å². The summed E-state index contributed by atoms with van der Waals surface area (Å²) in [6, 6.07) is 4.75. The van der Waals surface area contributed by atoms with Gasteiger partial charge < -0.3 is 20.5 Å². The Bertz CT molecular complexity index is 533. The molecule has 0 aliphatic rings. The fraction of sp³-hybridized carbons (Fsp3) is 0.500. The van der Waals surface area contributed by atoms with Crippen LogP contribution in [0.25, 0.3) is 0 Å². The number of hydrogen-bond acceptors (Lipinski definition) is 5. The van der Waals surface area contributed by atoms with Crippen molar-refractivity contribution in [2.45, 2.75) is 45.8 Å². The zero-order valence-corrected chi connectivity index (χ0v) is 14.7. The van der Waals surface area contributed by atoms with E-state index in [0.29, 0.717) is 29.8 Å². The summed E-state index contributed by atoms with van der Waals surface area (Å²) in [6.45, 7) is 5.62. The number of carbonyl (C=O) groups is 2. The molecule has 0 heterocycles. The van der Waals surface area contributed by atoms with E-state index in [2.05, 4.69) is 10.1 Å². The minimum Gasteiger partial charge on any atom is -0.489 e. The van der Waals surface area contributed by atoms with Crippen LogP contribution < -0.4 is 15.8 Å². The van der Waals surface area contributed by atoms with E-state index in [1.54, 1.807) is 18.2 Å². The van der Waals surface area contributed by atoms with Crippen molar-refractivity contribution in [2.75, 3.05) is 12.4 Å². The highest BCUT2D eigenvalue weighted by Crippen LogP contribution is 2.27. The van der Waals surface area contributed by atoms with E-state index in [4.69, 9.17) is 10.5 Å². The van der Waals surface area contributed by atoms with E-state index in [0.717, 1.165) is 0 Å². The number of benzene rings is 1. The maximum absolute atomic E-state index is 12.0. The van der Waals surface area contributed by atoms with Crippen LogP contribution in [-0.4, -0.2) is 31.1 Å². The smallest absolute Gasteiger partial charge is 0.337 e. The molecule has 0 aliphatic carbocycles. The maximum Gasteiger partial charge on any atom is 0.337 e. The van der Waals surface area contributed by atoms with Gasteiger partial charge in [-0.1, -0.05) is 0 Å². The van der Waals surface area contributed by atoms with Gasteiger partial charge in [0.2, 0.25) is 5.91 Å². The lowest BCUT2D eigenvalue weighted by molar-refractivity contribution is -0.116. The molecule has 7 heteroatoms. The predicted octanol–water partition coefficient (Wildman–Crippen LogP) is 2.75. The lowest BCUT2D eigenvalue weighted by Crippen LogP contribution is -2.20. The van der Waals surface area contributed by atoms with Crippen LogP contribution in [0.3, 0.4) is 0 Å². The first kappa shape index (κ1) is 21.2. The van der Waals surface area contributed by atoms with E-state index in [1.165, 1.54) is 7.11 Å². The van der Waals surface area contributed by atoms with Crippen molar-refractivity contribution in [1.29, 1.82) is 0 Å². The quantitative estimate of drug-likeness (QED) is 0.742. The Labute approximate surface area is 143 Å². The van der Waals surface area contributed by atoms with Crippen LogP contribution in [0.2, 0.25) is 0 Å². The minimum absolute atomic E-state index is 0. The number of hydrogen-bond donors (Lipinski definition) is 2. The molecule has 0 saturated heterocycles. The zero-order chi connectivity index (χ0) is 16.7. The Morgan fingerprint density at radius 3 is 2.43 bits per heavy atom. The lowest BCUT2D eigenvalue weighted by atomic mass is 10.1. The molecule has 0 saturated carbocycles. The van der Waals surface area contributed by atoms with Crippen molar-refractivity contribution in [3.63, 3.8) is 0 Å². The Hall–Kier alpha value is -1.79. The van der Waals surface area contributed by atoms with Crippen molar-refractivity contribution in [1.82, 2.24) is 0 Å². The van der Waals surface area contributed by atoms with Crippen LogP contribution in [0, 0.1) is 0 Å².